The smallest absolute Gasteiger partial charge is 0.324 e. The summed E-state index contributed by atoms with van der Waals surface area (Å²) in [5, 5.41) is 2.45. The van der Waals surface area contributed by atoms with Crippen LogP contribution in [0.5, 0.6) is 0 Å². The second-order valence-electron chi connectivity index (χ2n) is 4.28. The number of carbonyl (C=O) groups excluding carboxylic acids is 1. The van der Waals surface area contributed by atoms with Crippen molar-refractivity contribution in [2.45, 2.75) is 19.5 Å². The van der Waals surface area contributed by atoms with Crippen LogP contribution in [0.4, 0.5) is 18.9 Å². The first kappa shape index (κ1) is 15.8. The highest BCUT2D eigenvalue weighted by Crippen LogP contribution is 2.33. The van der Waals surface area contributed by atoms with E-state index in [4.69, 9.17) is 11.6 Å². The van der Waals surface area contributed by atoms with Gasteiger partial charge in [-0.05, 0) is 25.1 Å². The summed E-state index contributed by atoms with van der Waals surface area (Å²) in [4.78, 5) is 16.6. The third-order valence-electron chi connectivity index (χ3n) is 2.73. The predicted octanol–water partition coefficient (Wildman–Crippen LogP) is 4.30. The van der Waals surface area contributed by atoms with E-state index in [0.29, 0.717) is 0 Å². The van der Waals surface area contributed by atoms with Gasteiger partial charge in [0, 0.05) is 4.88 Å². The van der Waals surface area contributed by atoms with Gasteiger partial charge in [0.2, 0.25) is 5.91 Å². The molecule has 0 atom stereocenters. The number of carbonyl (C=O) groups is 1. The average Bonchev–Trinajstić information content (AvgIpc) is 2.76. The van der Waals surface area contributed by atoms with Crippen molar-refractivity contribution in [1.82, 2.24) is 4.98 Å². The largest absolute Gasteiger partial charge is 0.416 e. The van der Waals surface area contributed by atoms with E-state index in [1.54, 1.807) is 12.4 Å². The van der Waals surface area contributed by atoms with Crippen molar-refractivity contribution in [3.63, 3.8) is 0 Å². The fraction of sp³-hybridized carbons (Fsp3) is 0.231. The van der Waals surface area contributed by atoms with E-state index in [0.717, 1.165) is 28.8 Å². The van der Waals surface area contributed by atoms with E-state index in [9.17, 15) is 18.0 Å². The molecule has 21 heavy (non-hydrogen) atoms. The summed E-state index contributed by atoms with van der Waals surface area (Å²) in [5.74, 6) is -0.441. The summed E-state index contributed by atoms with van der Waals surface area (Å²) in [5.41, 5.74) is 1.41. The monoisotopic (exact) mass is 334 g/mol. The fourth-order valence-electron chi connectivity index (χ4n) is 1.63. The van der Waals surface area contributed by atoms with Crippen molar-refractivity contribution >= 4 is 34.5 Å². The van der Waals surface area contributed by atoms with Crippen LogP contribution in [0.25, 0.3) is 0 Å². The van der Waals surface area contributed by atoms with E-state index < -0.39 is 17.6 Å². The molecule has 1 N–H and O–H groups in total. The lowest BCUT2D eigenvalue weighted by molar-refractivity contribution is -0.137. The quantitative estimate of drug-likeness (QED) is 0.909. The molecule has 0 aliphatic heterocycles. The Morgan fingerprint density at radius 2 is 2.14 bits per heavy atom. The van der Waals surface area contributed by atoms with Gasteiger partial charge in [-0.25, -0.2) is 4.98 Å². The van der Waals surface area contributed by atoms with E-state index >= 15 is 0 Å². The summed E-state index contributed by atoms with van der Waals surface area (Å²) >= 11 is 7.13. The Hall–Kier alpha value is -1.60. The molecule has 1 aromatic heterocycles. The van der Waals surface area contributed by atoms with E-state index in [2.05, 4.69) is 10.3 Å². The zero-order chi connectivity index (χ0) is 15.6. The van der Waals surface area contributed by atoms with Crippen molar-refractivity contribution in [3.05, 3.63) is 44.9 Å². The average molecular weight is 335 g/mol. The van der Waals surface area contributed by atoms with Gasteiger partial charge < -0.3 is 5.32 Å². The Morgan fingerprint density at radius 1 is 1.43 bits per heavy atom. The summed E-state index contributed by atoms with van der Waals surface area (Å²) in [6.45, 7) is 1.76. The van der Waals surface area contributed by atoms with Crippen LogP contribution in [0.15, 0.2) is 23.7 Å². The number of hydrogen-bond acceptors (Lipinski definition) is 3. The van der Waals surface area contributed by atoms with Gasteiger partial charge >= 0.3 is 6.18 Å². The molecule has 0 fully saturated rings. The number of aryl methyl sites for hydroxylation is 1. The summed E-state index contributed by atoms with van der Waals surface area (Å²) in [6, 6.07) is 2.79. The number of aromatic nitrogens is 1. The molecule has 0 saturated heterocycles. The molecule has 8 heteroatoms. The molecule has 112 valence electrons. The molecule has 0 radical (unpaired) electrons. The minimum atomic E-state index is -4.49. The van der Waals surface area contributed by atoms with Gasteiger partial charge in [-0.1, -0.05) is 11.6 Å². The molecular weight excluding hydrogens is 325 g/mol. The fourth-order valence-corrected chi connectivity index (χ4v) is 2.57. The van der Waals surface area contributed by atoms with Crippen molar-refractivity contribution in [2.24, 2.45) is 0 Å². The van der Waals surface area contributed by atoms with Crippen molar-refractivity contribution in [3.8, 4) is 0 Å². The number of nitrogens with zero attached hydrogens (tertiary/aromatic N) is 1. The molecule has 3 nitrogen and oxygen atoms in total. The molecule has 0 saturated carbocycles. The van der Waals surface area contributed by atoms with Crippen LogP contribution in [0, 0.1) is 6.92 Å². The minimum absolute atomic E-state index is 0.0447. The zero-order valence-electron chi connectivity index (χ0n) is 10.8. The summed E-state index contributed by atoms with van der Waals surface area (Å²) < 4.78 is 37.9. The van der Waals surface area contributed by atoms with Crippen molar-refractivity contribution in [1.29, 1.82) is 0 Å². The van der Waals surface area contributed by atoms with Crippen LogP contribution in [-0.4, -0.2) is 10.9 Å². The molecule has 2 rings (SSSR count). The zero-order valence-corrected chi connectivity index (χ0v) is 12.4. The maximum Gasteiger partial charge on any atom is 0.416 e. The number of anilines is 1. The number of thiazole rings is 1. The first-order valence-corrected chi connectivity index (χ1v) is 7.08. The topological polar surface area (TPSA) is 42.0 Å². The van der Waals surface area contributed by atoms with Crippen LogP contribution < -0.4 is 5.32 Å². The van der Waals surface area contributed by atoms with Crippen molar-refractivity contribution < 1.29 is 18.0 Å². The Kier molecular flexibility index (Phi) is 4.53. The lowest BCUT2D eigenvalue weighted by atomic mass is 10.2. The Bertz CT molecular complexity index is 670. The van der Waals surface area contributed by atoms with Gasteiger partial charge in [-0.3, -0.25) is 4.79 Å². The van der Waals surface area contributed by atoms with Gasteiger partial charge in [0.05, 0.1) is 33.9 Å². The van der Waals surface area contributed by atoms with Crippen LogP contribution in [-0.2, 0) is 17.4 Å². The van der Waals surface area contributed by atoms with Gasteiger partial charge in [0.15, 0.2) is 0 Å². The second kappa shape index (κ2) is 6.03. The number of hydrogen-bond donors (Lipinski definition) is 1. The van der Waals surface area contributed by atoms with Crippen LogP contribution in [0.2, 0.25) is 5.02 Å². The molecular formula is C13H10ClF3N2OS. The molecule has 0 bridgehead atoms. The number of amides is 1. The van der Waals surface area contributed by atoms with Crippen molar-refractivity contribution in [2.75, 3.05) is 5.32 Å². The number of rotatable bonds is 3. The van der Waals surface area contributed by atoms with E-state index in [1.807, 2.05) is 0 Å². The molecule has 0 spiro atoms. The Labute approximate surface area is 127 Å². The van der Waals surface area contributed by atoms with E-state index in [-0.39, 0.29) is 17.1 Å². The number of benzene rings is 1. The lowest BCUT2D eigenvalue weighted by Crippen LogP contribution is -2.15. The highest BCUT2D eigenvalue weighted by molar-refractivity contribution is 7.09. The first-order valence-electron chi connectivity index (χ1n) is 5.83. The number of nitrogens with one attached hydrogen (secondary N) is 1. The molecule has 1 aromatic carbocycles. The highest BCUT2D eigenvalue weighted by atomic mass is 35.5. The molecule has 2 aromatic rings. The van der Waals surface area contributed by atoms with Gasteiger partial charge in [-0.15, -0.1) is 11.3 Å². The minimum Gasteiger partial charge on any atom is -0.324 e. The molecule has 1 heterocycles. The van der Waals surface area contributed by atoms with Gasteiger partial charge in [-0.2, -0.15) is 13.2 Å². The van der Waals surface area contributed by atoms with Crippen LogP contribution in [0.1, 0.15) is 16.1 Å². The van der Waals surface area contributed by atoms with Gasteiger partial charge in [0.1, 0.15) is 0 Å². The number of alkyl halides is 3. The molecule has 0 aliphatic rings. The molecule has 1 amide bonds. The molecule has 0 unspecified atom stereocenters. The predicted molar refractivity (Wildman–Crippen MR) is 75.6 cm³/mol. The third kappa shape index (κ3) is 3.95. The Balaban J connectivity index is 2.15. The Morgan fingerprint density at radius 3 is 2.71 bits per heavy atom. The molecule has 0 aliphatic carbocycles. The number of halogens is 4. The maximum absolute atomic E-state index is 12.6. The highest BCUT2D eigenvalue weighted by Gasteiger charge is 2.31. The first-order chi connectivity index (χ1) is 9.77. The normalized spacial score (nSPS) is 11.5. The third-order valence-corrected chi connectivity index (χ3v) is 4.00. The van der Waals surface area contributed by atoms with Crippen LogP contribution >= 0.6 is 22.9 Å². The SMILES string of the molecule is Cc1ncsc1CC(=O)Nc1cc(C(F)(F)F)ccc1Cl. The standard InChI is InChI=1S/C13H10ClF3N2OS/c1-7-11(21-6-18-7)5-12(20)19-10-4-8(13(15,16)17)2-3-9(10)14/h2-4,6H,5H2,1H3,(H,19,20). The van der Waals surface area contributed by atoms with Crippen LogP contribution in [0.3, 0.4) is 0 Å². The second-order valence-corrected chi connectivity index (χ2v) is 5.62. The summed E-state index contributed by atoms with van der Waals surface area (Å²) in [6.07, 6.45) is -4.44. The van der Waals surface area contributed by atoms with E-state index in [1.165, 1.54) is 11.3 Å². The van der Waals surface area contributed by atoms with Gasteiger partial charge in [0.25, 0.3) is 0 Å². The summed E-state index contributed by atoms with van der Waals surface area (Å²) in [7, 11) is 0. The lowest BCUT2D eigenvalue weighted by Gasteiger charge is -2.11. The maximum atomic E-state index is 12.6.